The number of nitrogens with two attached hydrogens (primary N) is 1. The van der Waals surface area contributed by atoms with Crippen molar-refractivity contribution < 1.29 is 4.79 Å². The number of hydrogen-bond acceptors (Lipinski definition) is 3. The molecular weight excluding hydrogens is 250 g/mol. The number of nitrogens with zero attached hydrogens (tertiary/aromatic N) is 1. The van der Waals surface area contributed by atoms with Gasteiger partial charge in [-0.05, 0) is 65.3 Å². The molecule has 2 atom stereocenters. The number of amides is 1. The van der Waals surface area contributed by atoms with Crippen LogP contribution in [-0.2, 0) is 4.79 Å². The van der Waals surface area contributed by atoms with Crippen LogP contribution in [0.15, 0.2) is 0 Å². The minimum Gasteiger partial charge on any atom is -0.368 e. The van der Waals surface area contributed by atoms with Gasteiger partial charge >= 0.3 is 0 Å². The first kappa shape index (κ1) is 15.8. The summed E-state index contributed by atoms with van der Waals surface area (Å²) in [6.07, 6.45) is 7.94. The van der Waals surface area contributed by atoms with Crippen LogP contribution in [0.2, 0.25) is 0 Å². The van der Waals surface area contributed by atoms with Crippen LogP contribution in [0.25, 0.3) is 0 Å². The van der Waals surface area contributed by atoms with Crippen molar-refractivity contribution in [3.05, 3.63) is 0 Å². The zero-order chi connectivity index (χ0) is 14.8. The van der Waals surface area contributed by atoms with E-state index in [1.54, 1.807) is 0 Å². The maximum atomic E-state index is 12.1. The van der Waals surface area contributed by atoms with Crippen LogP contribution in [0.3, 0.4) is 0 Å². The monoisotopic (exact) mass is 281 g/mol. The van der Waals surface area contributed by atoms with E-state index in [1.807, 2.05) is 0 Å². The highest BCUT2D eigenvalue weighted by atomic mass is 16.1. The van der Waals surface area contributed by atoms with Gasteiger partial charge < -0.3 is 11.1 Å². The molecule has 20 heavy (non-hydrogen) atoms. The molecule has 0 bridgehead atoms. The predicted molar refractivity (Wildman–Crippen MR) is 82.5 cm³/mol. The summed E-state index contributed by atoms with van der Waals surface area (Å²) < 4.78 is 0. The van der Waals surface area contributed by atoms with Crippen LogP contribution < -0.4 is 11.1 Å². The third kappa shape index (κ3) is 3.53. The number of rotatable bonds is 7. The lowest BCUT2D eigenvalue weighted by molar-refractivity contribution is -0.127. The van der Waals surface area contributed by atoms with Crippen LogP contribution in [0.4, 0.5) is 0 Å². The van der Waals surface area contributed by atoms with E-state index in [4.69, 9.17) is 5.73 Å². The molecule has 2 rings (SSSR count). The summed E-state index contributed by atoms with van der Waals surface area (Å²) in [5.74, 6) is -0.164. The first-order chi connectivity index (χ1) is 9.48. The fourth-order valence-corrected chi connectivity index (χ4v) is 3.84. The van der Waals surface area contributed by atoms with Crippen molar-refractivity contribution in [3.63, 3.8) is 0 Å². The maximum absolute atomic E-state index is 12.1. The Morgan fingerprint density at radius 2 is 2.05 bits per heavy atom. The molecule has 0 aliphatic heterocycles. The lowest BCUT2D eigenvalue weighted by Crippen LogP contribution is -2.62. The summed E-state index contributed by atoms with van der Waals surface area (Å²) in [7, 11) is 0. The van der Waals surface area contributed by atoms with Gasteiger partial charge in [0.1, 0.15) is 0 Å². The minimum atomic E-state index is -0.488. The van der Waals surface area contributed by atoms with Gasteiger partial charge in [0.25, 0.3) is 0 Å². The largest absolute Gasteiger partial charge is 0.368 e. The van der Waals surface area contributed by atoms with Gasteiger partial charge in [-0.2, -0.15) is 0 Å². The Morgan fingerprint density at radius 3 is 2.55 bits per heavy atom. The van der Waals surface area contributed by atoms with Gasteiger partial charge in [0.15, 0.2) is 0 Å². The van der Waals surface area contributed by atoms with E-state index >= 15 is 0 Å². The molecule has 0 heterocycles. The second-order valence-corrected chi connectivity index (χ2v) is 6.96. The summed E-state index contributed by atoms with van der Waals surface area (Å²) in [5, 5.41) is 3.48. The van der Waals surface area contributed by atoms with E-state index in [2.05, 4.69) is 31.0 Å². The molecule has 2 aliphatic carbocycles. The molecule has 0 radical (unpaired) electrons. The fraction of sp³-hybridized carbons (Fsp3) is 0.938. The highest BCUT2D eigenvalue weighted by molar-refractivity contribution is 5.85. The number of hydrogen-bond donors (Lipinski definition) is 2. The predicted octanol–water partition coefficient (Wildman–Crippen LogP) is 2.03. The highest BCUT2D eigenvalue weighted by Gasteiger charge is 2.45. The average molecular weight is 281 g/mol. The average Bonchev–Trinajstić information content (AvgIpc) is 3.19. The molecule has 2 aliphatic rings. The quantitative estimate of drug-likeness (QED) is 0.750. The third-order valence-electron chi connectivity index (χ3n) is 4.73. The maximum Gasteiger partial charge on any atom is 0.237 e. The third-order valence-corrected chi connectivity index (χ3v) is 4.73. The number of nitrogens with one attached hydrogen (secondary N) is 1. The highest BCUT2D eigenvalue weighted by Crippen LogP contribution is 2.37. The number of carbonyl (C=O) groups is 1. The van der Waals surface area contributed by atoms with Crippen molar-refractivity contribution >= 4 is 5.91 Å². The van der Waals surface area contributed by atoms with E-state index in [0.29, 0.717) is 12.1 Å². The van der Waals surface area contributed by atoms with Crippen LogP contribution in [0.1, 0.15) is 65.7 Å². The molecule has 1 amide bonds. The van der Waals surface area contributed by atoms with Crippen molar-refractivity contribution in [2.24, 2.45) is 5.73 Å². The van der Waals surface area contributed by atoms with Gasteiger partial charge in [0.05, 0.1) is 5.54 Å². The van der Waals surface area contributed by atoms with Gasteiger partial charge in [-0.3, -0.25) is 9.69 Å². The standard InChI is InChI=1S/C16H31N3O/c1-4-10-19(13-7-8-13)14-6-5-9-16(11-14,15(17)20)18-12(2)3/h12-14,18H,4-11H2,1-3H3,(H2,17,20). The van der Waals surface area contributed by atoms with Crippen molar-refractivity contribution in [2.45, 2.75) is 89.4 Å². The summed E-state index contributed by atoms with van der Waals surface area (Å²) in [6.45, 7) is 7.59. The lowest BCUT2D eigenvalue weighted by atomic mass is 9.77. The Balaban J connectivity index is 2.09. The summed E-state index contributed by atoms with van der Waals surface area (Å²) in [4.78, 5) is 14.7. The molecule has 0 aromatic carbocycles. The topological polar surface area (TPSA) is 58.4 Å². The van der Waals surface area contributed by atoms with Crippen LogP contribution >= 0.6 is 0 Å². The number of primary amides is 1. The Bertz CT molecular complexity index is 341. The molecule has 4 heteroatoms. The van der Waals surface area contributed by atoms with Crippen molar-refractivity contribution in [3.8, 4) is 0 Å². The summed E-state index contributed by atoms with van der Waals surface area (Å²) in [6, 6.07) is 1.58. The SMILES string of the molecule is CCCN(C1CC1)C1CCCC(NC(C)C)(C(N)=O)C1. The smallest absolute Gasteiger partial charge is 0.237 e. The van der Waals surface area contributed by atoms with Gasteiger partial charge in [-0.1, -0.05) is 6.92 Å². The first-order valence-electron chi connectivity index (χ1n) is 8.32. The Kier molecular flexibility index (Phi) is 5.08. The Labute approximate surface area is 123 Å². The normalized spacial score (nSPS) is 30.9. The Hall–Kier alpha value is -0.610. The van der Waals surface area contributed by atoms with Gasteiger partial charge in [0, 0.05) is 18.1 Å². The zero-order valence-corrected chi connectivity index (χ0v) is 13.3. The summed E-state index contributed by atoms with van der Waals surface area (Å²) >= 11 is 0. The molecule has 2 saturated carbocycles. The Morgan fingerprint density at radius 1 is 1.35 bits per heavy atom. The van der Waals surface area contributed by atoms with E-state index in [0.717, 1.165) is 31.8 Å². The molecule has 2 fully saturated rings. The van der Waals surface area contributed by atoms with Crippen molar-refractivity contribution in [1.29, 1.82) is 0 Å². The van der Waals surface area contributed by atoms with Crippen molar-refractivity contribution in [1.82, 2.24) is 10.2 Å². The molecule has 0 spiro atoms. The molecule has 2 unspecified atom stereocenters. The first-order valence-corrected chi connectivity index (χ1v) is 8.32. The van der Waals surface area contributed by atoms with Crippen LogP contribution in [0, 0.1) is 0 Å². The molecule has 0 aromatic heterocycles. The fourth-order valence-electron chi connectivity index (χ4n) is 3.84. The van der Waals surface area contributed by atoms with Crippen LogP contribution in [-0.4, -0.2) is 41.0 Å². The molecular formula is C16H31N3O. The molecule has 3 N–H and O–H groups in total. The molecule has 0 saturated heterocycles. The molecule has 4 nitrogen and oxygen atoms in total. The lowest BCUT2D eigenvalue weighted by Gasteiger charge is -2.44. The van der Waals surface area contributed by atoms with E-state index in [-0.39, 0.29) is 5.91 Å². The summed E-state index contributed by atoms with van der Waals surface area (Å²) in [5.41, 5.74) is 5.27. The van der Waals surface area contributed by atoms with E-state index in [1.165, 1.54) is 25.7 Å². The van der Waals surface area contributed by atoms with Gasteiger partial charge in [-0.15, -0.1) is 0 Å². The molecule has 116 valence electrons. The van der Waals surface area contributed by atoms with Crippen molar-refractivity contribution in [2.75, 3.05) is 6.54 Å². The van der Waals surface area contributed by atoms with E-state index in [9.17, 15) is 4.79 Å². The second-order valence-electron chi connectivity index (χ2n) is 6.96. The zero-order valence-electron chi connectivity index (χ0n) is 13.3. The van der Waals surface area contributed by atoms with Gasteiger partial charge in [-0.25, -0.2) is 0 Å². The van der Waals surface area contributed by atoms with Crippen LogP contribution in [0.5, 0.6) is 0 Å². The van der Waals surface area contributed by atoms with E-state index < -0.39 is 5.54 Å². The van der Waals surface area contributed by atoms with Gasteiger partial charge in [0.2, 0.25) is 5.91 Å². The molecule has 0 aromatic rings. The minimum absolute atomic E-state index is 0.164. The second kappa shape index (κ2) is 6.44. The number of carbonyl (C=O) groups excluding carboxylic acids is 1.